The van der Waals surface area contributed by atoms with Gasteiger partial charge in [0.15, 0.2) is 11.0 Å². The Labute approximate surface area is 245 Å². The molecule has 2 aromatic carbocycles. The van der Waals surface area contributed by atoms with E-state index in [0.717, 1.165) is 5.56 Å². The topological polar surface area (TPSA) is 161 Å². The van der Waals surface area contributed by atoms with Crippen LogP contribution >= 0.6 is 31.6 Å². The molecule has 1 aliphatic heterocycles. The molecule has 0 bridgehead atoms. The third kappa shape index (κ3) is 7.70. The second-order valence-corrected chi connectivity index (χ2v) is 12.0. The molecule has 6 atom stereocenters. The summed E-state index contributed by atoms with van der Waals surface area (Å²) in [6.45, 7) is 2.21. The van der Waals surface area contributed by atoms with E-state index in [2.05, 4.69) is 10.1 Å². The SMILES string of the molecule is C[C@H](NP(=O)(OC[C@H]1O[C@@H](n2ccc(=O)[nH]c2=S)[C@](C)(O)C1O)Oc1ccc(Cl)cc1)C(=O)OCc1ccccc1. The molecule has 41 heavy (non-hydrogen) atoms. The van der Waals surface area contributed by atoms with Crippen LogP contribution in [0.5, 0.6) is 5.75 Å². The fourth-order valence-electron chi connectivity index (χ4n) is 4.03. The molecule has 0 radical (unpaired) electrons. The lowest BCUT2D eigenvalue weighted by molar-refractivity contribution is -0.146. The molecule has 15 heteroatoms. The highest BCUT2D eigenvalue weighted by Crippen LogP contribution is 2.47. The molecule has 220 valence electrons. The Morgan fingerprint density at radius 3 is 2.59 bits per heavy atom. The van der Waals surface area contributed by atoms with Gasteiger partial charge in [0.05, 0.1) is 6.61 Å². The van der Waals surface area contributed by atoms with Crippen molar-refractivity contribution in [3.8, 4) is 5.75 Å². The zero-order valence-electron chi connectivity index (χ0n) is 22.0. The summed E-state index contributed by atoms with van der Waals surface area (Å²) in [5, 5.41) is 24.8. The van der Waals surface area contributed by atoms with Gasteiger partial charge in [-0.05, 0) is 55.9 Å². The predicted octanol–water partition coefficient (Wildman–Crippen LogP) is 3.49. The number of rotatable bonds is 11. The molecule has 3 aromatic rings. The van der Waals surface area contributed by atoms with Crippen molar-refractivity contribution in [2.75, 3.05) is 6.61 Å². The van der Waals surface area contributed by atoms with Gasteiger partial charge in [0, 0.05) is 17.3 Å². The lowest BCUT2D eigenvalue weighted by Gasteiger charge is -2.28. The Balaban J connectivity index is 1.49. The molecule has 1 fully saturated rings. The normalized spacial score (nSPS) is 24.4. The third-order valence-corrected chi connectivity index (χ3v) is 8.44. The van der Waals surface area contributed by atoms with E-state index >= 15 is 0 Å². The Kier molecular flexibility index (Phi) is 9.83. The second-order valence-electron chi connectivity index (χ2n) is 9.50. The number of hydrogen-bond donors (Lipinski definition) is 4. The molecule has 4 rings (SSSR count). The quantitative estimate of drug-likeness (QED) is 0.140. The lowest BCUT2D eigenvalue weighted by Crippen LogP contribution is -2.45. The highest BCUT2D eigenvalue weighted by Gasteiger charge is 2.53. The monoisotopic (exact) mass is 625 g/mol. The molecule has 0 amide bonds. The summed E-state index contributed by atoms with van der Waals surface area (Å²) in [6.07, 6.45) is -2.65. The van der Waals surface area contributed by atoms with Crippen LogP contribution in [-0.4, -0.2) is 56.2 Å². The van der Waals surface area contributed by atoms with Crippen LogP contribution in [-0.2, 0) is 30.0 Å². The van der Waals surface area contributed by atoms with Crippen LogP contribution in [0.3, 0.4) is 0 Å². The number of aromatic amines is 1. The average Bonchev–Trinajstić information content (AvgIpc) is 3.16. The molecule has 4 N–H and O–H groups in total. The van der Waals surface area contributed by atoms with Crippen LogP contribution in [0.1, 0.15) is 25.6 Å². The summed E-state index contributed by atoms with van der Waals surface area (Å²) in [7, 11) is -4.33. The fraction of sp³-hybridized carbons (Fsp3) is 0.346. The number of aliphatic hydroxyl groups excluding tert-OH is 1. The second kappa shape index (κ2) is 13.0. The summed E-state index contributed by atoms with van der Waals surface area (Å²) in [5.74, 6) is -0.600. The van der Waals surface area contributed by atoms with Crippen LogP contribution in [0.2, 0.25) is 5.02 Å². The van der Waals surface area contributed by atoms with E-state index in [9.17, 15) is 24.4 Å². The van der Waals surface area contributed by atoms with Crippen molar-refractivity contribution in [3.05, 3.63) is 92.6 Å². The van der Waals surface area contributed by atoms with Gasteiger partial charge >= 0.3 is 13.7 Å². The predicted molar refractivity (Wildman–Crippen MR) is 151 cm³/mol. The maximum Gasteiger partial charge on any atom is 0.459 e. The number of hydrogen-bond acceptors (Lipinski definition) is 10. The Morgan fingerprint density at radius 2 is 1.93 bits per heavy atom. The molecule has 1 aromatic heterocycles. The number of aliphatic hydroxyl groups is 2. The first-order valence-electron chi connectivity index (χ1n) is 12.4. The molecule has 0 aliphatic carbocycles. The number of benzene rings is 2. The van der Waals surface area contributed by atoms with Gasteiger partial charge in [-0.3, -0.25) is 23.7 Å². The molecule has 2 unspecified atom stereocenters. The van der Waals surface area contributed by atoms with E-state index in [-0.39, 0.29) is 17.1 Å². The summed E-state index contributed by atoms with van der Waals surface area (Å²) < 4.78 is 37.5. The summed E-state index contributed by atoms with van der Waals surface area (Å²) >= 11 is 11.1. The number of esters is 1. The molecule has 2 heterocycles. The van der Waals surface area contributed by atoms with Crippen molar-refractivity contribution in [2.45, 2.75) is 50.5 Å². The fourth-order valence-corrected chi connectivity index (χ4v) is 5.91. The summed E-state index contributed by atoms with van der Waals surface area (Å²) in [5.41, 5.74) is -1.57. The summed E-state index contributed by atoms with van der Waals surface area (Å²) in [4.78, 5) is 26.7. The molecular formula is C26H29ClN3O9PS. The zero-order chi connectivity index (χ0) is 29.8. The third-order valence-electron chi connectivity index (χ3n) is 6.24. The highest BCUT2D eigenvalue weighted by molar-refractivity contribution is 7.71. The van der Waals surface area contributed by atoms with E-state index in [0.29, 0.717) is 5.02 Å². The number of nitrogens with zero attached hydrogens (tertiary/aromatic N) is 1. The number of aromatic nitrogens is 2. The van der Waals surface area contributed by atoms with Crippen LogP contribution < -0.4 is 15.2 Å². The summed E-state index contributed by atoms with van der Waals surface area (Å²) in [6, 6.07) is 15.0. The number of ether oxygens (including phenoxy) is 2. The molecule has 12 nitrogen and oxygen atoms in total. The first-order valence-corrected chi connectivity index (χ1v) is 14.8. The van der Waals surface area contributed by atoms with Gasteiger partial charge < -0.3 is 24.2 Å². The number of halogens is 1. The molecule has 0 saturated carbocycles. The maximum atomic E-state index is 13.9. The van der Waals surface area contributed by atoms with Gasteiger partial charge in [0.1, 0.15) is 36.2 Å². The number of H-pyrrole nitrogens is 1. The largest absolute Gasteiger partial charge is 0.460 e. The van der Waals surface area contributed by atoms with Gasteiger partial charge in [-0.1, -0.05) is 41.9 Å². The van der Waals surface area contributed by atoms with Gasteiger partial charge in [-0.15, -0.1) is 0 Å². The van der Waals surface area contributed by atoms with E-state index < -0.39 is 56.0 Å². The van der Waals surface area contributed by atoms with Crippen LogP contribution in [0, 0.1) is 4.77 Å². The van der Waals surface area contributed by atoms with E-state index in [1.165, 1.54) is 54.9 Å². The van der Waals surface area contributed by atoms with Crippen LogP contribution in [0.4, 0.5) is 0 Å². The number of carbonyl (C=O) groups excluding carboxylic acids is 1. The molecule has 1 aliphatic rings. The minimum Gasteiger partial charge on any atom is -0.460 e. The Bertz CT molecular complexity index is 1520. The van der Waals surface area contributed by atoms with Gasteiger partial charge in [-0.25, -0.2) is 4.57 Å². The first-order chi connectivity index (χ1) is 19.4. The Hall–Kier alpha value is -2.87. The Morgan fingerprint density at radius 1 is 1.24 bits per heavy atom. The minimum atomic E-state index is -4.33. The maximum absolute atomic E-state index is 13.9. The van der Waals surface area contributed by atoms with Crippen molar-refractivity contribution in [2.24, 2.45) is 0 Å². The van der Waals surface area contributed by atoms with E-state index in [4.69, 9.17) is 42.3 Å². The van der Waals surface area contributed by atoms with Gasteiger partial charge in [-0.2, -0.15) is 5.09 Å². The molecule has 1 saturated heterocycles. The van der Waals surface area contributed by atoms with Gasteiger partial charge in [0.2, 0.25) is 0 Å². The standard InChI is InChI=1S/C26H29ClN3O9PS/c1-16(23(33)36-14-17-6-4-3-5-7-17)29-40(35,39-19-10-8-18(27)9-11-19)37-15-20-22(32)26(2,34)24(38-20)30-13-12-21(31)28-25(30)41/h3-13,16,20,22,24,32,34H,14-15H2,1-2H3,(H,29,35)(H,28,31,41)/t16-,20+,22?,24+,26+,40?/m0/s1. The number of carbonyl (C=O) groups is 1. The van der Waals surface area contributed by atoms with Crippen molar-refractivity contribution in [1.82, 2.24) is 14.6 Å². The minimum absolute atomic E-state index is 0.000729. The van der Waals surface area contributed by atoms with Crippen molar-refractivity contribution in [3.63, 3.8) is 0 Å². The van der Waals surface area contributed by atoms with Crippen molar-refractivity contribution >= 4 is 37.5 Å². The van der Waals surface area contributed by atoms with Crippen LogP contribution in [0.25, 0.3) is 0 Å². The van der Waals surface area contributed by atoms with Crippen LogP contribution in [0.15, 0.2) is 71.7 Å². The lowest BCUT2D eigenvalue weighted by atomic mass is 9.96. The average molecular weight is 626 g/mol. The molecular weight excluding hydrogens is 597 g/mol. The highest BCUT2D eigenvalue weighted by atomic mass is 35.5. The smallest absolute Gasteiger partial charge is 0.459 e. The first kappa shape index (κ1) is 31.1. The van der Waals surface area contributed by atoms with Crippen molar-refractivity contribution in [1.29, 1.82) is 0 Å². The van der Waals surface area contributed by atoms with Gasteiger partial charge in [0.25, 0.3) is 5.56 Å². The van der Waals surface area contributed by atoms with E-state index in [1.54, 1.807) is 24.3 Å². The van der Waals surface area contributed by atoms with Crippen molar-refractivity contribution < 1.29 is 38.1 Å². The molecule has 0 spiro atoms. The van der Waals surface area contributed by atoms with E-state index in [1.807, 2.05) is 6.07 Å². The zero-order valence-corrected chi connectivity index (χ0v) is 24.5. The number of nitrogens with one attached hydrogen (secondary N) is 2.